The van der Waals surface area contributed by atoms with E-state index in [0.717, 1.165) is 4.90 Å². The van der Waals surface area contributed by atoms with Crippen LogP contribution in [0.1, 0.15) is 12.5 Å². The summed E-state index contributed by atoms with van der Waals surface area (Å²) in [7, 11) is 0. The van der Waals surface area contributed by atoms with Crippen molar-refractivity contribution in [2.75, 3.05) is 5.75 Å². The summed E-state index contributed by atoms with van der Waals surface area (Å²) in [6, 6.07) is 3.95. The van der Waals surface area contributed by atoms with Gasteiger partial charge in [0.15, 0.2) is 0 Å². The molecule has 2 fully saturated rings. The Morgan fingerprint density at radius 1 is 1.33 bits per heavy atom. The van der Waals surface area contributed by atoms with E-state index >= 15 is 0 Å². The predicted molar refractivity (Wildman–Crippen MR) is 95.6 cm³/mol. The molecule has 146 valence electrons. The Hall–Kier alpha value is -2.13. The SMILES string of the molecule is CC(=O)N[C@H]1[C@H]2[C@H](C(=O)O)[C@H]2[C@](N)(C(=O)O)[C@@H]1CSc1ccc(F)c(C)c1. The van der Waals surface area contributed by atoms with E-state index in [-0.39, 0.29) is 17.5 Å². The molecule has 0 spiro atoms. The third kappa shape index (κ3) is 3.19. The first-order valence-corrected chi connectivity index (χ1v) is 9.48. The third-order valence-corrected chi connectivity index (χ3v) is 6.79. The van der Waals surface area contributed by atoms with E-state index in [4.69, 9.17) is 5.73 Å². The molecule has 6 atom stereocenters. The van der Waals surface area contributed by atoms with Crippen molar-refractivity contribution in [2.45, 2.75) is 30.3 Å². The molecule has 2 saturated carbocycles. The van der Waals surface area contributed by atoms with Gasteiger partial charge in [0, 0.05) is 35.4 Å². The van der Waals surface area contributed by atoms with E-state index in [9.17, 15) is 29.0 Å². The summed E-state index contributed by atoms with van der Waals surface area (Å²) in [6.45, 7) is 2.93. The lowest BCUT2D eigenvalue weighted by Crippen LogP contribution is -2.60. The molecule has 0 unspecified atom stereocenters. The molecule has 2 aliphatic rings. The Balaban J connectivity index is 1.88. The number of aliphatic carboxylic acids is 2. The number of carboxylic acid groups (broad SMARTS) is 2. The monoisotopic (exact) mass is 396 g/mol. The summed E-state index contributed by atoms with van der Waals surface area (Å²) >= 11 is 1.31. The van der Waals surface area contributed by atoms with Crippen molar-refractivity contribution >= 4 is 29.6 Å². The number of amides is 1. The van der Waals surface area contributed by atoms with Crippen LogP contribution in [0.3, 0.4) is 0 Å². The largest absolute Gasteiger partial charge is 0.481 e. The maximum absolute atomic E-state index is 13.4. The van der Waals surface area contributed by atoms with Crippen LogP contribution in [0.4, 0.5) is 4.39 Å². The van der Waals surface area contributed by atoms with Gasteiger partial charge in [-0.1, -0.05) is 0 Å². The van der Waals surface area contributed by atoms with Gasteiger partial charge < -0.3 is 21.3 Å². The lowest BCUT2D eigenvalue weighted by Gasteiger charge is -2.34. The first-order chi connectivity index (χ1) is 12.6. The number of benzene rings is 1. The van der Waals surface area contributed by atoms with Gasteiger partial charge in [-0.15, -0.1) is 11.8 Å². The Morgan fingerprint density at radius 3 is 2.52 bits per heavy atom. The van der Waals surface area contributed by atoms with E-state index in [1.807, 2.05) is 0 Å². The number of carbonyl (C=O) groups is 3. The summed E-state index contributed by atoms with van der Waals surface area (Å²) < 4.78 is 13.4. The molecule has 5 N–H and O–H groups in total. The van der Waals surface area contributed by atoms with Gasteiger partial charge in [-0.25, -0.2) is 4.39 Å². The molecule has 0 heterocycles. The number of aryl methyl sites for hydroxylation is 1. The van der Waals surface area contributed by atoms with Gasteiger partial charge in [-0.2, -0.15) is 0 Å². The quantitative estimate of drug-likeness (QED) is 0.530. The van der Waals surface area contributed by atoms with Gasteiger partial charge >= 0.3 is 11.9 Å². The van der Waals surface area contributed by atoms with Crippen LogP contribution >= 0.6 is 11.8 Å². The highest BCUT2D eigenvalue weighted by Crippen LogP contribution is 2.64. The van der Waals surface area contributed by atoms with Crippen LogP contribution in [0, 0.1) is 36.4 Å². The highest BCUT2D eigenvalue weighted by molar-refractivity contribution is 7.99. The molecule has 0 saturated heterocycles. The lowest BCUT2D eigenvalue weighted by atomic mass is 9.80. The van der Waals surface area contributed by atoms with Crippen LogP contribution in [0.25, 0.3) is 0 Å². The number of hydrogen-bond acceptors (Lipinski definition) is 5. The summed E-state index contributed by atoms with van der Waals surface area (Å²) in [6.07, 6.45) is 0. The van der Waals surface area contributed by atoms with Gasteiger partial charge in [-0.3, -0.25) is 14.4 Å². The molecule has 0 aromatic heterocycles. The van der Waals surface area contributed by atoms with Crippen LogP contribution in [0.15, 0.2) is 23.1 Å². The molecule has 0 aliphatic heterocycles. The average molecular weight is 396 g/mol. The molecule has 9 heteroatoms. The fraction of sp³-hybridized carbons (Fsp3) is 0.500. The van der Waals surface area contributed by atoms with E-state index < -0.39 is 47.2 Å². The van der Waals surface area contributed by atoms with E-state index in [0.29, 0.717) is 5.56 Å². The van der Waals surface area contributed by atoms with Crippen LogP contribution in [-0.2, 0) is 14.4 Å². The number of rotatable bonds is 6. The summed E-state index contributed by atoms with van der Waals surface area (Å²) in [5.74, 6) is -5.57. The van der Waals surface area contributed by atoms with Crippen molar-refractivity contribution in [3.63, 3.8) is 0 Å². The number of carboxylic acids is 2. The summed E-state index contributed by atoms with van der Waals surface area (Å²) in [4.78, 5) is 35.8. The van der Waals surface area contributed by atoms with Gasteiger partial charge in [0.2, 0.25) is 5.91 Å². The zero-order chi connectivity index (χ0) is 20.1. The maximum Gasteiger partial charge on any atom is 0.324 e. The minimum absolute atomic E-state index is 0.262. The van der Waals surface area contributed by atoms with Crippen molar-refractivity contribution in [3.8, 4) is 0 Å². The zero-order valence-corrected chi connectivity index (χ0v) is 15.6. The smallest absolute Gasteiger partial charge is 0.324 e. The molecular formula is C18H21FN2O5S. The predicted octanol–water partition coefficient (Wildman–Crippen LogP) is 1.09. The van der Waals surface area contributed by atoms with Crippen LogP contribution in [0.5, 0.6) is 0 Å². The fourth-order valence-electron chi connectivity index (χ4n) is 4.39. The van der Waals surface area contributed by atoms with Crippen molar-refractivity contribution in [1.29, 1.82) is 0 Å². The van der Waals surface area contributed by atoms with Crippen LogP contribution in [-0.4, -0.2) is 45.4 Å². The van der Waals surface area contributed by atoms with Crippen molar-refractivity contribution < 1.29 is 29.0 Å². The van der Waals surface area contributed by atoms with E-state index in [1.54, 1.807) is 19.1 Å². The molecule has 3 rings (SSSR count). The first-order valence-electron chi connectivity index (χ1n) is 8.50. The molecular weight excluding hydrogens is 375 g/mol. The molecule has 1 amide bonds. The number of nitrogens with one attached hydrogen (secondary N) is 1. The average Bonchev–Trinajstić information content (AvgIpc) is 3.27. The highest BCUT2D eigenvalue weighted by Gasteiger charge is 2.77. The second kappa shape index (κ2) is 6.79. The van der Waals surface area contributed by atoms with Crippen molar-refractivity contribution in [1.82, 2.24) is 5.32 Å². The molecule has 0 bridgehead atoms. The number of fused-ring (bicyclic) bond motifs is 1. The highest BCUT2D eigenvalue weighted by atomic mass is 32.2. The van der Waals surface area contributed by atoms with Gasteiger partial charge in [0.1, 0.15) is 11.4 Å². The third-order valence-electron chi connectivity index (χ3n) is 5.67. The first kappa shape index (κ1) is 19.6. The fourth-order valence-corrected chi connectivity index (χ4v) is 5.67. The second-order valence-corrected chi connectivity index (χ2v) is 8.35. The Kier molecular flexibility index (Phi) is 4.94. The lowest BCUT2D eigenvalue weighted by molar-refractivity contribution is -0.147. The van der Waals surface area contributed by atoms with Gasteiger partial charge in [0.05, 0.1) is 5.92 Å². The molecule has 2 aliphatic carbocycles. The minimum Gasteiger partial charge on any atom is -0.481 e. The van der Waals surface area contributed by atoms with E-state index in [2.05, 4.69) is 5.32 Å². The second-order valence-electron chi connectivity index (χ2n) is 7.26. The number of hydrogen-bond donors (Lipinski definition) is 4. The Labute approximate surface area is 159 Å². The molecule has 1 aromatic carbocycles. The summed E-state index contributed by atoms with van der Waals surface area (Å²) in [5.41, 5.74) is 4.98. The standard InChI is InChI=1S/C18H21FN2O5S/c1-7-5-9(3-4-11(7)19)27-6-10-15(21-8(2)22)12-13(16(23)24)14(12)18(10,20)17(25)26/h3-5,10,12-15H,6,20H2,1-2H3,(H,21,22)(H,23,24)(H,25,26)/t10-,12+,13+,14+,15-,18+/m1/s1. The van der Waals surface area contributed by atoms with E-state index in [1.165, 1.54) is 24.8 Å². The number of thioether (sulfide) groups is 1. The topological polar surface area (TPSA) is 130 Å². The molecule has 1 aromatic rings. The number of nitrogens with two attached hydrogens (primary N) is 1. The van der Waals surface area contributed by atoms with Gasteiger partial charge in [0.25, 0.3) is 0 Å². The maximum atomic E-state index is 13.4. The van der Waals surface area contributed by atoms with Crippen molar-refractivity contribution in [3.05, 3.63) is 29.6 Å². The number of halogens is 1. The summed E-state index contributed by atoms with van der Waals surface area (Å²) in [5, 5.41) is 21.9. The Morgan fingerprint density at radius 2 is 2.00 bits per heavy atom. The molecule has 27 heavy (non-hydrogen) atoms. The zero-order valence-electron chi connectivity index (χ0n) is 14.8. The number of carbonyl (C=O) groups excluding carboxylic acids is 1. The van der Waals surface area contributed by atoms with Gasteiger partial charge in [-0.05, 0) is 36.6 Å². The molecule has 7 nitrogen and oxygen atoms in total. The molecule has 0 radical (unpaired) electrons. The minimum atomic E-state index is -1.75. The van der Waals surface area contributed by atoms with Crippen molar-refractivity contribution in [2.24, 2.45) is 29.4 Å². The van der Waals surface area contributed by atoms with Crippen LogP contribution in [0.2, 0.25) is 0 Å². The van der Waals surface area contributed by atoms with Crippen LogP contribution < -0.4 is 11.1 Å². The normalized spacial score (nSPS) is 34.0. The Bertz CT molecular complexity index is 819.